The Bertz CT molecular complexity index is 1030. The van der Waals surface area contributed by atoms with Crippen LogP contribution in [0.15, 0.2) is 42.5 Å². The van der Waals surface area contributed by atoms with E-state index in [0.717, 1.165) is 31.2 Å². The lowest BCUT2D eigenvalue weighted by molar-refractivity contribution is -0.384. The van der Waals surface area contributed by atoms with Crippen LogP contribution in [-0.2, 0) is 14.9 Å². The summed E-state index contributed by atoms with van der Waals surface area (Å²) < 4.78 is 11.1. The van der Waals surface area contributed by atoms with Gasteiger partial charge in [-0.15, -0.1) is 0 Å². The van der Waals surface area contributed by atoms with Gasteiger partial charge in [-0.25, -0.2) is 4.79 Å². The van der Waals surface area contributed by atoms with E-state index in [2.05, 4.69) is 5.32 Å². The fourth-order valence-corrected chi connectivity index (χ4v) is 4.33. The second-order valence-electron chi connectivity index (χ2n) is 8.67. The highest BCUT2D eigenvalue weighted by atomic mass is 16.6. The van der Waals surface area contributed by atoms with Gasteiger partial charge in [0, 0.05) is 17.8 Å². The van der Waals surface area contributed by atoms with Crippen LogP contribution in [0.5, 0.6) is 5.75 Å². The number of carbonyl (C=O) groups excluding carboxylic acids is 2. The van der Waals surface area contributed by atoms with Gasteiger partial charge in [-0.05, 0) is 56.9 Å². The van der Waals surface area contributed by atoms with Gasteiger partial charge in [0.25, 0.3) is 5.69 Å². The number of esters is 1. The molecule has 1 aliphatic carbocycles. The van der Waals surface area contributed by atoms with E-state index in [4.69, 9.17) is 9.47 Å². The van der Waals surface area contributed by atoms with Gasteiger partial charge >= 0.3 is 5.97 Å². The van der Waals surface area contributed by atoms with Crippen LogP contribution in [0, 0.1) is 10.1 Å². The van der Waals surface area contributed by atoms with E-state index in [1.165, 1.54) is 12.1 Å². The lowest BCUT2D eigenvalue weighted by Gasteiger charge is -2.36. The summed E-state index contributed by atoms with van der Waals surface area (Å²) in [5.41, 5.74) is 0.691. The van der Waals surface area contributed by atoms with Gasteiger partial charge in [-0.2, -0.15) is 0 Å². The molecule has 1 amide bonds. The highest BCUT2D eigenvalue weighted by molar-refractivity contribution is 6.01. The largest absolute Gasteiger partial charge is 0.490 e. The molecule has 0 heterocycles. The number of nitrogens with one attached hydrogen (secondary N) is 1. The highest BCUT2D eigenvalue weighted by Crippen LogP contribution is 2.41. The van der Waals surface area contributed by atoms with Crippen LogP contribution in [0.1, 0.15) is 75.2 Å². The van der Waals surface area contributed by atoms with Crippen molar-refractivity contribution in [2.75, 3.05) is 11.9 Å². The fraction of sp³-hybridized carbons (Fsp3) is 0.462. The predicted octanol–water partition coefficient (Wildman–Crippen LogP) is 5.79. The number of ether oxygens (including phenoxy) is 2. The average molecular weight is 469 g/mol. The first-order valence-electron chi connectivity index (χ1n) is 11.8. The number of carbonyl (C=O) groups is 2. The summed E-state index contributed by atoms with van der Waals surface area (Å²) in [5.74, 6) is -0.292. The maximum Gasteiger partial charge on any atom is 0.341 e. The Labute approximate surface area is 199 Å². The second-order valence-corrected chi connectivity index (χ2v) is 8.67. The zero-order valence-electron chi connectivity index (χ0n) is 20.0. The second kappa shape index (κ2) is 11.1. The van der Waals surface area contributed by atoms with Crippen molar-refractivity contribution in [3.05, 3.63) is 63.7 Å². The highest BCUT2D eigenvalue weighted by Gasteiger charge is 2.41. The molecule has 0 unspecified atom stereocenters. The zero-order valence-corrected chi connectivity index (χ0v) is 20.0. The normalized spacial score (nSPS) is 15.7. The van der Waals surface area contributed by atoms with Crippen LogP contribution < -0.4 is 10.1 Å². The van der Waals surface area contributed by atoms with E-state index in [1.54, 1.807) is 37.3 Å². The molecule has 34 heavy (non-hydrogen) atoms. The van der Waals surface area contributed by atoms with Gasteiger partial charge in [0.2, 0.25) is 5.91 Å². The topological polar surface area (TPSA) is 108 Å². The van der Waals surface area contributed by atoms with Gasteiger partial charge in [0.15, 0.2) is 0 Å². The van der Waals surface area contributed by atoms with Crippen LogP contribution in [0.2, 0.25) is 0 Å². The first kappa shape index (κ1) is 25.2. The van der Waals surface area contributed by atoms with Crippen molar-refractivity contribution >= 4 is 23.3 Å². The molecule has 1 N–H and O–H groups in total. The standard InChI is InChI=1S/C26H32N2O6/c1-4-18(3)34-23-14-11-20(17-22(23)24(29)33-5-2)27-25(30)26(15-7-6-8-16-26)19-9-12-21(13-10-19)28(31)32/h9-14,17-18H,4-8,15-16H2,1-3H3,(H,27,30)/t18-/m0/s1. The number of anilines is 1. The molecule has 0 aliphatic heterocycles. The average Bonchev–Trinajstić information content (AvgIpc) is 2.85. The monoisotopic (exact) mass is 468 g/mol. The minimum Gasteiger partial charge on any atom is -0.490 e. The predicted molar refractivity (Wildman–Crippen MR) is 129 cm³/mol. The molecule has 8 heteroatoms. The molecule has 3 rings (SSSR count). The molecule has 1 aliphatic rings. The molecule has 2 aromatic rings. The first-order chi connectivity index (χ1) is 16.3. The summed E-state index contributed by atoms with van der Waals surface area (Å²) in [6, 6.07) is 11.2. The number of hydrogen-bond donors (Lipinski definition) is 1. The Morgan fingerprint density at radius 2 is 1.76 bits per heavy atom. The van der Waals surface area contributed by atoms with Gasteiger partial charge in [-0.1, -0.05) is 38.3 Å². The molecule has 1 fully saturated rings. The van der Waals surface area contributed by atoms with Crippen LogP contribution >= 0.6 is 0 Å². The number of nitro benzene ring substituents is 1. The number of amides is 1. The first-order valence-corrected chi connectivity index (χ1v) is 11.8. The van der Waals surface area contributed by atoms with E-state index in [-0.39, 0.29) is 29.9 Å². The lowest BCUT2D eigenvalue weighted by atomic mass is 9.68. The van der Waals surface area contributed by atoms with Gasteiger partial charge < -0.3 is 14.8 Å². The van der Waals surface area contributed by atoms with Crippen molar-refractivity contribution < 1.29 is 24.0 Å². The van der Waals surface area contributed by atoms with Gasteiger partial charge in [-0.3, -0.25) is 14.9 Å². The van der Waals surface area contributed by atoms with Gasteiger partial charge in [0.05, 0.1) is 23.0 Å². The van der Waals surface area contributed by atoms with Crippen molar-refractivity contribution in [2.45, 2.75) is 70.8 Å². The van der Waals surface area contributed by atoms with Crippen molar-refractivity contribution in [3.63, 3.8) is 0 Å². The molecule has 2 aromatic carbocycles. The summed E-state index contributed by atoms with van der Waals surface area (Å²) >= 11 is 0. The summed E-state index contributed by atoms with van der Waals surface area (Å²) in [7, 11) is 0. The van der Waals surface area contributed by atoms with Crippen LogP contribution in [0.25, 0.3) is 0 Å². The van der Waals surface area contributed by atoms with Crippen molar-refractivity contribution in [3.8, 4) is 5.75 Å². The van der Waals surface area contributed by atoms with E-state index < -0.39 is 16.3 Å². The number of nitrogens with zero attached hydrogens (tertiary/aromatic N) is 1. The van der Waals surface area contributed by atoms with Crippen molar-refractivity contribution in [1.82, 2.24) is 0 Å². The number of non-ortho nitro benzene ring substituents is 1. The van der Waals surface area contributed by atoms with E-state index >= 15 is 0 Å². The Morgan fingerprint density at radius 1 is 1.09 bits per heavy atom. The van der Waals surface area contributed by atoms with Gasteiger partial charge in [0.1, 0.15) is 11.3 Å². The van der Waals surface area contributed by atoms with Crippen molar-refractivity contribution in [1.29, 1.82) is 0 Å². The third-order valence-electron chi connectivity index (χ3n) is 6.41. The summed E-state index contributed by atoms with van der Waals surface area (Å²) in [6.07, 6.45) is 4.81. The third-order valence-corrected chi connectivity index (χ3v) is 6.41. The van der Waals surface area contributed by atoms with Crippen LogP contribution in [0.3, 0.4) is 0 Å². The maximum atomic E-state index is 13.6. The minimum atomic E-state index is -0.788. The van der Waals surface area contributed by atoms with E-state index in [1.807, 2.05) is 13.8 Å². The van der Waals surface area contributed by atoms with Crippen LogP contribution in [0.4, 0.5) is 11.4 Å². The number of rotatable bonds is 9. The maximum absolute atomic E-state index is 13.6. The van der Waals surface area contributed by atoms with Crippen molar-refractivity contribution in [2.24, 2.45) is 0 Å². The summed E-state index contributed by atoms with van der Waals surface area (Å²) in [4.78, 5) is 36.8. The Hall–Kier alpha value is -3.42. The third kappa shape index (κ3) is 5.55. The molecule has 0 bridgehead atoms. The van der Waals surface area contributed by atoms with Crippen LogP contribution in [-0.4, -0.2) is 29.5 Å². The molecule has 0 aromatic heterocycles. The molecule has 0 saturated heterocycles. The molecule has 182 valence electrons. The Morgan fingerprint density at radius 3 is 2.35 bits per heavy atom. The summed E-state index contributed by atoms with van der Waals surface area (Å²) in [6.45, 7) is 5.87. The molecule has 1 atom stereocenters. The minimum absolute atomic E-state index is 0.00825. The quantitative estimate of drug-likeness (QED) is 0.283. The number of benzene rings is 2. The number of nitro groups is 1. The lowest BCUT2D eigenvalue weighted by Crippen LogP contribution is -2.42. The molecule has 1 saturated carbocycles. The molecular formula is C26H32N2O6. The smallest absolute Gasteiger partial charge is 0.341 e. The SMILES string of the molecule is CCOC(=O)c1cc(NC(=O)C2(c3ccc([N+](=O)[O-])cc3)CCCCC2)ccc1O[C@@H](C)CC. The Balaban J connectivity index is 1.92. The van der Waals surface area contributed by atoms with E-state index in [9.17, 15) is 19.7 Å². The molecule has 0 radical (unpaired) electrons. The molecular weight excluding hydrogens is 436 g/mol. The number of hydrogen-bond acceptors (Lipinski definition) is 6. The summed E-state index contributed by atoms with van der Waals surface area (Å²) in [5, 5.41) is 14.1. The fourth-order valence-electron chi connectivity index (χ4n) is 4.33. The molecule has 0 spiro atoms. The molecule has 8 nitrogen and oxygen atoms in total. The zero-order chi connectivity index (χ0) is 24.7. The Kier molecular flexibility index (Phi) is 8.26. The van der Waals surface area contributed by atoms with E-state index in [0.29, 0.717) is 24.3 Å².